The molecule has 1 aromatic rings. The number of Topliss-reactive ketones (excluding diaryl/α,β-unsaturated/α-hetero) is 1. The van der Waals surface area contributed by atoms with Crippen molar-refractivity contribution in [3.63, 3.8) is 0 Å². The third-order valence-electron chi connectivity index (χ3n) is 1.85. The van der Waals surface area contributed by atoms with Crippen LogP contribution in [0.1, 0.15) is 24.2 Å². The molecule has 1 atom stereocenters. The van der Waals surface area contributed by atoms with E-state index in [1.807, 2.05) is 31.2 Å². The van der Waals surface area contributed by atoms with Gasteiger partial charge < -0.3 is 5.11 Å². The summed E-state index contributed by atoms with van der Waals surface area (Å²) < 4.78 is 0. The minimum Gasteiger partial charge on any atom is -0.395 e. The first-order valence-electron chi connectivity index (χ1n) is 4.52. The lowest BCUT2D eigenvalue weighted by Crippen LogP contribution is -2.03. The van der Waals surface area contributed by atoms with E-state index in [2.05, 4.69) is 0 Å². The summed E-state index contributed by atoms with van der Waals surface area (Å²) >= 11 is 1.53. The molecule has 14 heavy (non-hydrogen) atoms. The van der Waals surface area contributed by atoms with Crippen molar-refractivity contribution in [2.75, 3.05) is 6.61 Å². The van der Waals surface area contributed by atoms with E-state index in [0.29, 0.717) is 0 Å². The van der Waals surface area contributed by atoms with Crippen molar-refractivity contribution in [2.24, 2.45) is 0 Å². The van der Waals surface area contributed by atoms with Crippen LogP contribution in [0.3, 0.4) is 0 Å². The summed E-state index contributed by atoms with van der Waals surface area (Å²) in [5.74, 6) is 0.0678. The summed E-state index contributed by atoms with van der Waals surface area (Å²) in [7, 11) is 0. The Morgan fingerprint density at radius 1 is 1.50 bits per heavy atom. The largest absolute Gasteiger partial charge is 0.395 e. The van der Waals surface area contributed by atoms with Gasteiger partial charge in [-0.15, -0.1) is 11.8 Å². The van der Waals surface area contributed by atoms with Crippen LogP contribution in [0, 0.1) is 0 Å². The van der Waals surface area contributed by atoms with Crippen molar-refractivity contribution in [3.8, 4) is 0 Å². The SMILES string of the molecule is CC(=O)c1ccccc1SC(C)CO. The van der Waals surface area contributed by atoms with Crippen molar-refractivity contribution in [1.82, 2.24) is 0 Å². The molecule has 0 spiro atoms. The second-order valence-corrected chi connectivity index (χ2v) is 4.64. The molecule has 0 bridgehead atoms. The van der Waals surface area contributed by atoms with Gasteiger partial charge in [-0.3, -0.25) is 4.79 Å². The zero-order valence-electron chi connectivity index (χ0n) is 8.36. The molecule has 1 aromatic carbocycles. The molecular formula is C11H14O2S. The maximum Gasteiger partial charge on any atom is 0.160 e. The summed E-state index contributed by atoms with van der Waals surface area (Å²) in [6, 6.07) is 7.48. The van der Waals surface area contributed by atoms with E-state index in [4.69, 9.17) is 5.11 Å². The summed E-state index contributed by atoms with van der Waals surface area (Å²) in [5.41, 5.74) is 0.734. The number of rotatable bonds is 4. The Balaban J connectivity index is 2.90. The van der Waals surface area contributed by atoms with E-state index >= 15 is 0 Å². The van der Waals surface area contributed by atoms with Gasteiger partial charge in [-0.25, -0.2) is 0 Å². The molecule has 1 N–H and O–H groups in total. The molecule has 0 saturated carbocycles. The standard InChI is InChI=1S/C11H14O2S/c1-8(7-12)14-11-6-4-3-5-10(11)9(2)13/h3-6,8,12H,7H2,1-2H3. The van der Waals surface area contributed by atoms with Crippen LogP contribution in [-0.4, -0.2) is 22.7 Å². The Morgan fingerprint density at radius 3 is 2.71 bits per heavy atom. The maximum absolute atomic E-state index is 11.3. The van der Waals surface area contributed by atoms with Crippen LogP contribution in [0.25, 0.3) is 0 Å². The number of aliphatic hydroxyl groups excluding tert-OH is 1. The van der Waals surface area contributed by atoms with E-state index in [9.17, 15) is 4.79 Å². The number of carbonyl (C=O) groups excluding carboxylic acids is 1. The van der Waals surface area contributed by atoms with E-state index in [-0.39, 0.29) is 17.6 Å². The molecule has 0 fully saturated rings. The highest BCUT2D eigenvalue weighted by atomic mass is 32.2. The molecule has 3 heteroatoms. The first-order chi connectivity index (χ1) is 6.65. The molecule has 0 saturated heterocycles. The number of hydrogen-bond acceptors (Lipinski definition) is 3. The van der Waals surface area contributed by atoms with Crippen LogP contribution in [0.2, 0.25) is 0 Å². The molecule has 0 radical (unpaired) electrons. The van der Waals surface area contributed by atoms with Gasteiger partial charge in [0.15, 0.2) is 5.78 Å². The molecular weight excluding hydrogens is 196 g/mol. The van der Waals surface area contributed by atoms with Crippen molar-refractivity contribution in [3.05, 3.63) is 29.8 Å². The molecule has 0 aliphatic heterocycles. The van der Waals surface area contributed by atoms with Crippen LogP contribution in [0.15, 0.2) is 29.2 Å². The van der Waals surface area contributed by atoms with Crippen LogP contribution in [-0.2, 0) is 0 Å². The predicted molar refractivity (Wildman–Crippen MR) is 58.9 cm³/mol. The van der Waals surface area contributed by atoms with Crippen molar-refractivity contribution < 1.29 is 9.90 Å². The molecule has 0 aromatic heterocycles. The fraction of sp³-hybridized carbons (Fsp3) is 0.364. The monoisotopic (exact) mass is 210 g/mol. The Labute approximate surface area is 88.3 Å². The quantitative estimate of drug-likeness (QED) is 0.612. The van der Waals surface area contributed by atoms with E-state index in [1.165, 1.54) is 11.8 Å². The van der Waals surface area contributed by atoms with Crippen LogP contribution in [0.4, 0.5) is 0 Å². The highest BCUT2D eigenvalue weighted by molar-refractivity contribution is 8.00. The number of benzene rings is 1. The molecule has 1 unspecified atom stereocenters. The van der Waals surface area contributed by atoms with E-state index in [0.717, 1.165) is 10.5 Å². The van der Waals surface area contributed by atoms with Gasteiger partial charge in [0, 0.05) is 15.7 Å². The zero-order valence-corrected chi connectivity index (χ0v) is 9.17. The zero-order chi connectivity index (χ0) is 10.6. The first kappa shape index (κ1) is 11.3. The van der Waals surface area contributed by atoms with Gasteiger partial charge in [0.1, 0.15) is 0 Å². The number of carbonyl (C=O) groups is 1. The predicted octanol–water partition coefficient (Wildman–Crippen LogP) is 2.36. The Hall–Kier alpha value is -0.800. The van der Waals surface area contributed by atoms with Gasteiger partial charge in [-0.1, -0.05) is 25.1 Å². The highest BCUT2D eigenvalue weighted by Gasteiger charge is 2.09. The summed E-state index contributed by atoms with van der Waals surface area (Å²) in [6.45, 7) is 3.61. The molecule has 0 heterocycles. The molecule has 1 rings (SSSR count). The third-order valence-corrected chi connectivity index (χ3v) is 3.01. The maximum atomic E-state index is 11.3. The van der Waals surface area contributed by atoms with Crippen LogP contribution in [0.5, 0.6) is 0 Å². The first-order valence-corrected chi connectivity index (χ1v) is 5.40. The van der Waals surface area contributed by atoms with Crippen molar-refractivity contribution >= 4 is 17.5 Å². The van der Waals surface area contributed by atoms with E-state index in [1.54, 1.807) is 6.92 Å². The van der Waals surface area contributed by atoms with Crippen molar-refractivity contribution in [1.29, 1.82) is 0 Å². The van der Waals surface area contributed by atoms with Gasteiger partial charge in [0.25, 0.3) is 0 Å². The number of ketones is 1. The molecule has 2 nitrogen and oxygen atoms in total. The van der Waals surface area contributed by atoms with Gasteiger partial charge >= 0.3 is 0 Å². The van der Waals surface area contributed by atoms with E-state index < -0.39 is 0 Å². The average Bonchev–Trinajstić information content (AvgIpc) is 2.18. The minimum atomic E-state index is 0.0678. The average molecular weight is 210 g/mol. The lowest BCUT2D eigenvalue weighted by Gasteiger charge is -2.10. The minimum absolute atomic E-state index is 0.0678. The summed E-state index contributed by atoms with van der Waals surface area (Å²) in [6.07, 6.45) is 0. The second kappa shape index (κ2) is 5.17. The van der Waals surface area contributed by atoms with Gasteiger partial charge in [0.05, 0.1) is 6.61 Å². The fourth-order valence-electron chi connectivity index (χ4n) is 1.11. The van der Waals surface area contributed by atoms with Gasteiger partial charge in [0.2, 0.25) is 0 Å². The summed E-state index contributed by atoms with van der Waals surface area (Å²) in [5, 5.41) is 9.04. The normalized spacial score (nSPS) is 12.5. The lowest BCUT2D eigenvalue weighted by atomic mass is 10.1. The Kier molecular flexibility index (Phi) is 4.17. The van der Waals surface area contributed by atoms with Gasteiger partial charge in [-0.05, 0) is 13.0 Å². The van der Waals surface area contributed by atoms with Crippen LogP contribution >= 0.6 is 11.8 Å². The van der Waals surface area contributed by atoms with Crippen molar-refractivity contribution in [2.45, 2.75) is 24.0 Å². The number of aliphatic hydroxyl groups is 1. The number of hydrogen-bond donors (Lipinski definition) is 1. The molecule has 76 valence electrons. The highest BCUT2D eigenvalue weighted by Crippen LogP contribution is 2.26. The lowest BCUT2D eigenvalue weighted by molar-refractivity contribution is 0.101. The Bertz CT molecular complexity index is 323. The molecule has 0 aliphatic rings. The topological polar surface area (TPSA) is 37.3 Å². The molecule has 0 aliphatic carbocycles. The summed E-state index contributed by atoms with van der Waals surface area (Å²) in [4.78, 5) is 12.2. The smallest absolute Gasteiger partial charge is 0.160 e. The fourth-order valence-corrected chi connectivity index (χ4v) is 2.12. The second-order valence-electron chi connectivity index (χ2n) is 3.16. The Morgan fingerprint density at radius 2 is 2.14 bits per heavy atom. The molecule has 0 amide bonds. The van der Waals surface area contributed by atoms with Gasteiger partial charge in [-0.2, -0.15) is 0 Å². The third kappa shape index (κ3) is 2.86. The number of thioether (sulfide) groups is 1. The van der Waals surface area contributed by atoms with Crippen LogP contribution < -0.4 is 0 Å².